The van der Waals surface area contributed by atoms with Gasteiger partial charge in [0.05, 0.1) is 25.0 Å². The zero-order valence-electron chi connectivity index (χ0n) is 15.2. The predicted molar refractivity (Wildman–Crippen MR) is 104 cm³/mol. The molecule has 144 valence electrons. The third-order valence-corrected chi connectivity index (χ3v) is 4.34. The summed E-state index contributed by atoms with van der Waals surface area (Å²) in [6, 6.07) is 12.9. The summed E-state index contributed by atoms with van der Waals surface area (Å²) >= 11 is 6.12. The molecule has 0 aromatic heterocycles. The fourth-order valence-corrected chi connectivity index (χ4v) is 2.89. The van der Waals surface area contributed by atoms with Gasteiger partial charge in [0.15, 0.2) is 0 Å². The van der Waals surface area contributed by atoms with Crippen molar-refractivity contribution in [3.05, 3.63) is 64.8 Å². The molecule has 0 bridgehead atoms. The Morgan fingerprint density at radius 3 is 2.46 bits per heavy atom. The maximum atomic E-state index is 12.8. The molecule has 2 aromatic rings. The monoisotopic (exact) mass is 400 g/mol. The summed E-state index contributed by atoms with van der Waals surface area (Å²) in [6.45, 7) is 2.42. The van der Waals surface area contributed by atoms with E-state index in [4.69, 9.17) is 16.3 Å². The zero-order valence-corrected chi connectivity index (χ0v) is 15.9. The first kappa shape index (κ1) is 19.4. The van der Waals surface area contributed by atoms with Crippen LogP contribution < -0.4 is 15.0 Å². The molecule has 8 heteroatoms. The fourth-order valence-electron chi connectivity index (χ4n) is 2.68. The van der Waals surface area contributed by atoms with Crippen LogP contribution in [0.1, 0.15) is 17.3 Å². The highest BCUT2D eigenvalue weighted by Gasteiger charge is 2.39. The van der Waals surface area contributed by atoms with Crippen LogP contribution in [0.5, 0.6) is 5.75 Å². The second-order valence-electron chi connectivity index (χ2n) is 5.76. The quantitative estimate of drug-likeness (QED) is 0.591. The number of imide groups is 1. The van der Waals surface area contributed by atoms with Crippen LogP contribution in [-0.2, 0) is 14.3 Å². The van der Waals surface area contributed by atoms with Gasteiger partial charge < -0.3 is 14.8 Å². The minimum atomic E-state index is -0.679. The Hall–Kier alpha value is -3.32. The van der Waals surface area contributed by atoms with Gasteiger partial charge in [-0.05, 0) is 49.4 Å². The summed E-state index contributed by atoms with van der Waals surface area (Å²) in [5, 5.41) is 2.64. The fraction of sp³-hybridized carbons (Fsp3) is 0.150. The normalized spacial score (nSPS) is 13.8. The molecule has 0 atom stereocenters. The lowest BCUT2D eigenvalue weighted by Gasteiger charge is -2.16. The van der Waals surface area contributed by atoms with Gasteiger partial charge in [0.25, 0.3) is 11.8 Å². The van der Waals surface area contributed by atoms with E-state index in [1.165, 1.54) is 25.3 Å². The third-order valence-electron chi connectivity index (χ3n) is 3.99. The summed E-state index contributed by atoms with van der Waals surface area (Å²) < 4.78 is 10.0. The maximum absolute atomic E-state index is 12.8. The number of anilines is 2. The van der Waals surface area contributed by atoms with Gasteiger partial charge in [-0.25, -0.2) is 9.69 Å². The van der Waals surface area contributed by atoms with E-state index in [-0.39, 0.29) is 22.0 Å². The van der Waals surface area contributed by atoms with Crippen molar-refractivity contribution in [2.24, 2.45) is 0 Å². The number of ether oxygens (including phenoxy) is 2. The molecule has 1 aliphatic heterocycles. The largest absolute Gasteiger partial charge is 0.494 e. The van der Waals surface area contributed by atoms with Crippen LogP contribution in [0.4, 0.5) is 11.4 Å². The van der Waals surface area contributed by atoms with Gasteiger partial charge in [0, 0.05) is 5.69 Å². The van der Waals surface area contributed by atoms with Crippen molar-refractivity contribution >= 4 is 40.8 Å². The standard InChI is InChI=1S/C20H17ClN2O5/c1-3-28-15-9-7-13(8-10-15)22-17-16(21)18(24)23(19(17)25)14-6-4-5-12(11-14)20(26)27-2/h4-11,22H,3H2,1-2H3. The smallest absolute Gasteiger partial charge is 0.337 e. The van der Waals surface area contributed by atoms with Crippen LogP contribution in [0.2, 0.25) is 0 Å². The van der Waals surface area contributed by atoms with Crippen molar-refractivity contribution in [2.75, 3.05) is 23.9 Å². The van der Waals surface area contributed by atoms with E-state index in [0.29, 0.717) is 18.0 Å². The minimum absolute atomic E-state index is 0.0423. The van der Waals surface area contributed by atoms with E-state index in [1.807, 2.05) is 6.92 Å². The summed E-state index contributed by atoms with van der Waals surface area (Å²) in [5.41, 5.74) is 0.964. The Morgan fingerprint density at radius 2 is 1.82 bits per heavy atom. The number of nitrogens with one attached hydrogen (secondary N) is 1. The molecule has 0 radical (unpaired) electrons. The van der Waals surface area contributed by atoms with Crippen LogP contribution in [0.3, 0.4) is 0 Å². The van der Waals surface area contributed by atoms with E-state index < -0.39 is 17.8 Å². The number of hydrogen-bond donors (Lipinski definition) is 1. The summed E-state index contributed by atoms with van der Waals surface area (Å²) in [4.78, 5) is 38.0. The van der Waals surface area contributed by atoms with E-state index >= 15 is 0 Å². The molecule has 3 rings (SSSR count). The van der Waals surface area contributed by atoms with E-state index in [9.17, 15) is 14.4 Å². The lowest BCUT2D eigenvalue weighted by atomic mass is 10.2. The molecule has 2 aromatic carbocycles. The van der Waals surface area contributed by atoms with Crippen LogP contribution in [-0.4, -0.2) is 31.5 Å². The number of amides is 2. The van der Waals surface area contributed by atoms with Crippen molar-refractivity contribution in [1.29, 1.82) is 0 Å². The van der Waals surface area contributed by atoms with Crippen molar-refractivity contribution in [3.8, 4) is 5.75 Å². The maximum Gasteiger partial charge on any atom is 0.337 e. The molecule has 1 N–H and O–H groups in total. The number of nitrogens with zero attached hydrogens (tertiary/aromatic N) is 1. The number of carbonyl (C=O) groups excluding carboxylic acids is 3. The average molecular weight is 401 g/mol. The number of halogens is 1. The van der Waals surface area contributed by atoms with Crippen LogP contribution >= 0.6 is 11.6 Å². The Kier molecular flexibility index (Phi) is 5.65. The molecule has 7 nitrogen and oxygen atoms in total. The first-order chi connectivity index (χ1) is 13.5. The number of rotatable bonds is 6. The second-order valence-corrected chi connectivity index (χ2v) is 6.14. The van der Waals surface area contributed by atoms with Crippen LogP contribution in [0, 0.1) is 0 Å². The van der Waals surface area contributed by atoms with Crippen molar-refractivity contribution in [2.45, 2.75) is 6.92 Å². The lowest BCUT2D eigenvalue weighted by molar-refractivity contribution is -0.120. The first-order valence-corrected chi connectivity index (χ1v) is 8.81. The SMILES string of the molecule is CCOc1ccc(NC2=C(Cl)C(=O)N(c3cccc(C(=O)OC)c3)C2=O)cc1. The van der Waals surface area contributed by atoms with Crippen molar-refractivity contribution < 1.29 is 23.9 Å². The van der Waals surface area contributed by atoms with Crippen LogP contribution in [0.15, 0.2) is 59.3 Å². The van der Waals surface area contributed by atoms with Crippen molar-refractivity contribution in [3.63, 3.8) is 0 Å². The third kappa shape index (κ3) is 3.70. The molecule has 2 amide bonds. The highest BCUT2D eigenvalue weighted by Crippen LogP contribution is 2.31. The van der Waals surface area contributed by atoms with Gasteiger partial charge >= 0.3 is 5.97 Å². The number of methoxy groups -OCH3 is 1. The van der Waals surface area contributed by atoms with E-state index in [0.717, 1.165) is 4.90 Å². The van der Waals surface area contributed by atoms with Crippen LogP contribution in [0.25, 0.3) is 0 Å². The molecule has 0 saturated carbocycles. The van der Waals surface area contributed by atoms with Gasteiger partial charge in [-0.15, -0.1) is 0 Å². The minimum Gasteiger partial charge on any atom is -0.494 e. The molecule has 0 aliphatic carbocycles. The molecular weight excluding hydrogens is 384 g/mol. The summed E-state index contributed by atoms with van der Waals surface area (Å²) in [6.07, 6.45) is 0. The highest BCUT2D eigenvalue weighted by atomic mass is 35.5. The number of benzene rings is 2. The molecular formula is C20H17ClN2O5. The predicted octanol–water partition coefficient (Wildman–Crippen LogP) is 3.31. The van der Waals surface area contributed by atoms with Gasteiger partial charge in [-0.1, -0.05) is 17.7 Å². The molecule has 0 unspecified atom stereocenters. The van der Waals surface area contributed by atoms with Gasteiger partial charge in [0.2, 0.25) is 0 Å². The lowest BCUT2D eigenvalue weighted by Crippen LogP contribution is -2.32. The van der Waals surface area contributed by atoms with E-state index in [1.54, 1.807) is 30.3 Å². The molecule has 1 aliphatic rings. The van der Waals surface area contributed by atoms with Gasteiger partial charge in [0.1, 0.15) is 16.5 Å². The molecule has 0 fully saturated rings. The summed E-state index contributed by atoms with van der Waals surface area (Å²) in [7, 11) is 1.25. The molecule has 28 heavy (non-hydrogen) atoms. The van der Waals surface area contributed by atoms with Gasteiger partial charge in [-0.2, -0.15) is 0 Å². The Labute approximate surface area is 166 Å². The zero-order chi connectivity index (χ0) is 20.3. The molecule has 1 heterocycles. The molecule has 0 saturated heterocycles. The van der Waals surface area contributed by atoms with Crippen molar-refractivity contribution in [1.82, 2.24) is 0 Å². The number of esters is 1. The highest BCUT2D eigenvalue weighted by molar-refractivity contribution is 6.53. The Balaban J connectivity index is 1.85. The Morgan fingerprint density at radius 1 is 1.11 bits per heavy atom. The number of carbonyl (C=O) groups is 3. The summed E-state index contributed by atoms with van der Waals surface area (Å²) in [5.74, 6) is -1.19. The topological polar surface area (TPSA) is 84.9 Å². The second kappa shape index (κ2) is 8.14. The first-order valence-electron chi connectivity index (χ1n) is 8.43. The average Bonchev–Trinajstić information content (AvgIpc) is 2.92. The number of hydrogen-bond acceptors (Lipinski definition) is 6. The Bertz CT molecular complexity index is 969. The van der Waals surface area contributed by atoms with E-state index in [2.05, 4.69) is 10.1 Å². The molecule has 0 spiro atoms. The van der Waals surface area contributed by atoms with Gasteiger partial charge in [-0.3, -0.25) is 9.59 Å².